The molecule has 0 spiro atoms. The lowest BCUT2D eigenvalue weighted by atomic mass is 10.0. The maximum Gasteiger partial charge on any atom is 0.220 e. The first-order valence-electron chi connectivity index (χ1n) is 7.20. The number of nitrogens with one attached hydrogen (secondary N) is 1. The molecule has 0 fully saturated rings. The van der Waals surface area contributed by atoms with E-state index in [2.05, 4.69) is 24.4 Å². The fourth-order valence-corrected chi connectivity index (χ4v) is 2.25. The molecule has 1 amide bonds. The molecule has 0 aliphatic carbocycles. The fourth-order valence-electron chi connectivity index (χ4n) is 2.25. The van der Waals surface area contributed by atoms with Gasteiger partial charge >= 0.3 is 0 Å². The summed E-state index contributed by atoms with van der Waals surface area (Å²) in [4.78, 5) is 11.8. The molecule has 3 N–H and O–H groups in total. The molecule has 0 saturated heterocycles. The highest BCUT2D eigenvalue weighted by Gasteiger charge is 2.10. The standard InChI is InChI=1S/C16H26N2O.ClH/c1-13-9-6-7-10-15(13)14(2)18-16(19)11-5-3-4-8-12-17;/h6-7,9-10,14H,3-5,8,11-12,17H2,1-2H3,(H,18,19);1H. The van der Waals surface area contributed by atoms with Crippen molar-refractivity contribution in [3.05, 3.63) is 35.4 Å². The van der Waals surface area contributed by atoms with Crippen LogP contribution < -0.4 is 11.1 Å². The second-order valence-corrected chi connectivity index (χ2v) is 5.10. The Morgan fingerprint density at radius 1 is 1.20 bits per heavy atom. The van der Waals surface area contributed by atoms with Gasteiger partial charge in [0.2, 0.25) is 5.91 Å². The second-order valence-electron chi connectivity index (χ2n) is 5.10. The highest BCUT2D eigenvalue weighted by atomic mass is 35.5. The lowest BCUT2D eigenvalue weighted by Crippen LogP contribution is -2.26. The largest absolute Gasteiger partial charge is 0.350 e. The average molecular weight is 299 g/mol. The van der Waals surface area contributed by atoms with Crippen LogP contribution in [-0.4, -0.2) is 12.5 Å². The van der Waals surface area contributed by atoms with Gasteiger partial charge in [-0.25, -0.2) is 0 Å². The number of nitrogens with two attached hydrogens (primary N) is 1. The van der Waals surface area contributed by atoms with Crippen LogP contribution >= 0.6 is 12.4 Å². The Hall–Kier alpha value is -1.06. The van der Waals surface area contributed by atoms with E-state index in [4.69, 9.17) is 5.73 Å². The normalized spacial score (nSPS) is 11.6. The molecular formula is C16H27ClN2O. The first kappa shape index (κ1) is 18.9. The predicted octanol–water partition coefficient (Wildman–Crippen LogP) is 3.50. The molecule has 0 saturated carbocycles. The Morgan fingerprint density at radius 3 is 2.50 bits per heavy atom. The molecule has 114 valence electrons. The van der Waals surface area contributed by atoms with E-state index in [9.17, 15) is 4.79 Å². The number of halogens is 1. The molecule has 0 bridgehead atoms. The Bertz CT molecular complexity index is 396. The van der Waals surface area contributed by atoms with Gasteiger partial charge in [0.25, 0.3) is 0 Å². The van der Waals surface area contributed by atoms with Crippen molar-refractivity contribution in [3.8, 4) is 0 Å². The molecule has 0 aliphatic rings. The minimum Gasteiger partial charge on any atom is -0.350 e. The van der Waals surface area contributed by atoms with Crippen molar-refractivity contribution in [2.45, 2.75) is 52.0 Å². The van der Waals surface area contributed by atoms with Crippen LogP contribution in [0.3, 0.4) is 0 Å². The van der Waals surface area contributed by atoms with Gasteiger partial charge in [-0.3, -0.25) is 4.79 Å². The number of hydrogen-bond donors (Lipinski definition) is 2. The van der Waals surface area contributed by atoms with Crippen molar-refractivity contribution in [2.75, 3.05) is 6.54 Å². The van der Waals surface area contributed by atoms with Crippen LogP contribution in [0.1, 0.15) is 56.2 Å². The zero-order valence-corrected chi connectivity index (χ0v) is 13.3. The summed E-state index contributed by atoms with van der Waals surface area (Å²) in [7, 11) is 0. The molecule has 0 aliphatic heterocycles. The number of benzene rings is 1. The Kier molecular flexibility index (Phi) is 10.1. The Labute approximate surface area is 128 Å². The van der Waals surface area contributed by atoms with Gasteiger partial charge in [0.1, 0.15) is 0 Å². The van der Waals surface area contributed by atoms with Crippen molar-refractivity contribution in [1.29, 1.82) is 0 Å². The Balaban J connectivity index is 0.00000361. The smallest absolute Gasteiger partial charge is 0.220 e. The van der Waals surface area contributed by atoms with Gasteiger partial charge in [-0.05, 0) is 44.4 Å². The van der Waals surface area contributed by atoms with Crippen LogP contribution in [0.15, 0.2) is 24.3 Å². The fraction of sp³-hybridized carbons (Fsp3) is 0.562. The quantitative estimate of drug-likeness (QED) is 0.722. The highest BCUT2D eigenvalue weighted by Crippen LogP contribution is 2.16. The maximum atomic E-state index is 11.8. The SMILES string of the molecule is Cc1ccccc1C(C)NC(=O)CCCCCCN.Cl. The first-order chi connectivity index (χ1) is 9.15. The minimum absolute atomic E-state index is 0. The number of aryl methyl sites for hydroxylation is 1. The molecule has 1 rings (SSSR count). The van der Waals surface area contributed by atoms with Crippen molar-refractivity contribution >= 4 is 18.3 Å². The van der Waals surface area contributed by atoms with E-state index in [1.165, 1.54) is 11.1 Å². The van der Waals surface area contributed by atoms with E-state index in [1.807, 2.05) is 19.1 Å². The highest BCUT2D eigenvalue weighted by molar-refractivity contribution is 5.85. The molecule has 1 atom stereocenters. The van der Waals surface area contributed by atoms with Gasteiger partial charge in [0.05, 0.1) is 6.04 Å². The molecule has 1 unspecified atom stereocenters. The summed E-state index contributed by atoms with van der Waals surface area (Å²) in [5.41, 5.74) is 7.85. The van der Waals surface area contributed by atoms with Gasteiger partial charge in [-0.2, -0.15) is 0 Å². The molecule has 4 heteroatoms. The van der Waals surface area contributed by atoms with E-state index >= 15 is 0 Å². The third-order valence-electron chi connectivity index (χ3n) is 3.39. The molecule has 0 aromatic heterocycles. The topological polar surface area (TPSA) is 55.1 Å². The van der Waals surface area contributed by atoms with E-state index in [0.717, 1.165) is 32.2 Å². The zero-order valence-electron chi connectivity index (χ0n) is 12.5. The number of hydrogen-bond acceptors (Lipinski definition) is 2. The van der Waals surface area contributed by atoms with Crippen LogP contribution in [0.25, 0.3) is 0 Å². The van der Waals surface area contributed by atoms with Crippen LogP contribution in [0.5, 0.6) is 0 Å². The molecule has 1 aromatic carbocycles. The third-order valence-corrected chi connectivity index (χ3v) is 3.39. The summed E-state index contributed by atoms with van der Waals surface area (Å²) in [6, 6.07) is 8.26. The van der Waals surface area contributed by atoms with Crippen LogP contribution in [0.2, 0.25) is 0 Å². The van der Waals surface area contributed by atoms with E-state index < -0.39 is 0 Å². The van der Waals surface area contributed by atoms with Gasteiger partial charge < -0.3 is 11.1 Å². The monoisotopic (exact) mass is 298 g/mol. The molecule has 20 heavy (non-hydrogen) atoms. The number of rotatable bonds is 8. The lowest BCUT2D eigenvalue weighted by Gasteiger charge is -2.16. The zero-order chi connectivity index (χ0) is 14.1. The van der Waals surface area contributed by atoms with Crippen molar-refractivity contribution in [3.63, 3.8) is 0 Å². The molecular weight excluding hydrogens is 272 g/mol. The molecule has 0 heterocycles. The minimum atomic E-state index is 0. The summed E-state index contributed by atoms with van der Waals surface area (Å²) < 4.78 is 0. The van der Waals surface area contributed by atoms with E-state index in [-0.39, 0.29) is 24.4 Å². The average Bonchev–Trinajstić information content (AvgIpc) is 2.39. The lowest BCUT2D eigenvalue weighted by molar-refractivity contribution is -0.121. The summed E-state index contributed by atoms with van der Waals surface area (Å²) in [6.45, 7) is 4.86. The predicted molar refractivity (Wildman–Crippen MR) is 87.1 cm³/mol. The van der Waals surface area contributed by atoms with Crippen LogP contribution in [-0.2, 0) is 4.79 Å². The van der Waals surface area contributed by atoms with Gasteiger partial charge in [0.15, 0.2) is 0 Å². The van der Waals surface area contributed by atoms with Crippen molar-refractivity contribution < 1.29 is 4.79 Å². The van der Waals surface area contributed by atoms with Crippen LogP contribution in [0, 0.1) is 6.92 Å². The van der Waals surface area contributed by atoms with Gasteiger partial charge in [-0.1, -0.05) is 37.1 Å². The summed E-state index contributed by atoms with van der Waals surface area (Å²) in [5, 5.41) is 3.06. The third kappa shape index (κ3) is 6.92. The van der Waals surface area contributed by atoms with E-state index in [0.29, 0.717) is 6.42 Å². The maximum absolute atomic E-state index is 11.8. The first-order valence-corrected chi connectivity index (χ1v) is 7.20. The number of amides is 1. The Morgan fingerprint density at radius 2 is 1.85 bits per heavy atom. The number of unbranched alkanes of at least 4 members (excludes halogenated alkanes) is 3. The van der Waals surface area contributed by atoms with Gasteiger partial charge in [-0.15, -0.1) is 12.4 Å². The number of carbonyl (C=O) groups excluding carboxylic acids is 1. The molecule has 3 nitrogen and oxygen atoms in total. The number of carbonyl (C=O) groups is 1. The summed E-state index contributed by atoms with van der Waals surface area (Å²) in [5.74, 6) is 0.142. The summed E-state index contributed by atoms with van der Waals surface area (Å²) >= 11 is 0. The van der Waals surface area contributed by atoms with Crippen LogP contribution in [0.4, 0.5) is 0 Å². The van der Waals surface area contributed by atoms with Gasteiger partial charge in [0, 0.05) is 6.42 Å². The summed E-state index contributed by atoms with van der Waals surface area (Å²) in [6.07, 6.45) is 4.83. The molecule has 1 aromatic rings. The van der Waals surface area contributed by atoms with E-state index in [1.54, 1.807) is 0 Å². The van der Waals surface area contributed by atoms with Crippen molar-refractivity contribution in [2.24, 2.45) is 5.73 Å². The molecule has 0 radical (unpaired) electrons. The second kappa shape index (κ2) is 10.7. The van der Waals surface area contributed by atoms with Crippen molar-refractivity contribution in [1.82, 2.24) is 5.32 Å².